The Morgan fingerprint density at radius 2 is 2.05 bits per heavy atom. The topological polar surface area (TPSA) is 44.4 Å². The van der Waals surface area contributed by atoms with Gasteiger partial charge in [-0.1, -0.05) is 33.6 Å². The standard InChI is InChI=1S/C17H35N3O/c1-5-8-14(4)19-17(21)13-20-11-9-16(18-10-6-2)15(7-3)12-20/h14-16,18H,5-13H2,1-4H3,(H,19,21). The van der Waals surface area contributed by atoms with Gasteiger partial charge in [0.2, 0.25) is 5.91 Å². The first-order valence-corrected chi connectivity index (χ1v) is 8.85. The summed E-state index contributed by atoms with van der Waals surface area (Å²) in [6.07, 6.45) is 5.72. The molecule has 3 atom stereocenters. The van der Waals surface area contributed by atoms with Crippen LogP contribution in [-0.4, -0.2) is 49.1 Å². The molecular formula is C17H35N3O. The van der Waals surface area contributed by atoms with Gasteiger partial charge in [0.15, 0.2) is 0 Å². The Hall–Kier alpha value is -0.610. The van der Waals surface area contributed by atoms with Crippen molar-refractivity contribution in [2.24, 2.45) is 5.92 Å². The SMILES string of the molecule is CCCNC1CCN(CC(=O)NC(C)CCC)CC1CC. The molecule has 1 heterocycles. The van der Waals surface area contributed by atoms with Gasteiger partial charge >= 0.3 is 0 Å². The number of piperidine rings is 1. The molecule has 3 unspecified atom stereocenters. The van der Waals surface area contributed by atoms with Crippen LogP contribution in [0.25, 0.3) is 0 Å². The van der Waals surface area contributed by atoms with Crippen LogP contribution >= 0.6 is 0 Å². The van der Waals surface area contributed by atoms with E-state index in [1.54, 1.807) is 0 Å². The fraction of sp³-hybridized carbons (Fsp3) is 0.941. The molecule has 124 valence electrons. The molecule has 1 rings (SSSR count). The monoisotopic (exact) mass is 297 g/mol. The third kappa shape index (κ3) is 6.79. The summed E-state index contributed by atoms with van der Waals surface area (Å²) in [6.45, 7) is 12.5. The molecule has 0 radical (unpaired) electrons. The van der Waals surface area contributed by atoms with Crippen molar-refractivity contribution in [3.63, 3.8) is 0 Å². The zero-order chi connectivity index (χ0) is 15.7. The maximum Gasteiger partial charge on any atom is 0.234 e. The molecule has 1 saturated heterocycles. The minimum Gasteiger partial charge on any atom is -0.353 e. The minimum absolute atomic E-state index is 0.186. The van der Waals surface area contributed by atoms with Gasteiger partial charge in [-0.2, -0.15) is 0 Å². The number of nitrogens with zero attached hydrogens (tertiary/aromatic N) is 1. The second-order valence-electron chi connectivity index (χ2n) is 6.51. The average molecular weight is 297 g/mol. The number of hydrogen-bond donors (Lipinski definition) is 2. The predicted molar refractivity (Wildman–Crippen MR) is 89.4 cm³/mol. The quantitative estimate of drug-likeness (QED) is 0.687. The van der Waals surface area contributed by atoms with Gasteiger partial charge in [-0.3, -0.25) is 9.69 Å². The van der Waals surface area contributed by atoms with Crippen molar-refractivity contribution in [1.82, 2.24) is 15.5 Å². The van der Waals surface area contributed by atoms with Crippen molar-refractivity contribution in [1.29, 1.82) is 0 Å². The summed E-state index contributed by atoms with van der Waals surface area (Å²) in [7, 11) is 0. The highest BCUT2D eigenvalue weighted by Gasteiger charge is 2.28. The van der Waals surface area contributed by atoms with Crippen molar-refractivity contribution in [2.45, 2.75) is 71.9 Å². The zero-order valence-corrected chi connectivity index (χ0v) is 14.5. The lowest BCUT2D eigenvalue weighted by Crippen LogP contribution is -2.52. The van der Waals surface area contributed by atoms with Crippen LogP contribution in [0.2, 0.25) is 0 Å². The van der Waals surface area contributed by atoms with Crippen LogP contribution in [0.15, 0.2) is 0 Å². The molecule has 1 aliphatic heterocycles. The van der Waals surface area contributed by atoms with Crippen molar-refractivity contribution in [3.05, 3.63) is 0 Å². The first-order chi connectivity index (χ1) is 10.1. The molecule has 1 fully saturated rings. The summed E-state index contributed by atoms with van der Waals surface area (Å²) in [5.41, 5.74) is 0. The molecule has 21 heavy (non-hydrogen) atoms. The Labute approximate surface area is 131 Å². The van der Waals surface area contributed by atoms with Gasteiger partial charge in [0.25, 0.3) is 0 Å². The van der Waals surface area contributed by atoms with Crippen molar-refractivity contribution >= 4 is 5.91 Å². The van der Waals surface area contributed by atoms with Gasteiger partial charge in [0.05, 0.1) is 6.54 Å². The molecule has 4 nitrogen and oxygen atoms in total. The maximum absolute atomic E-state index is 12.1. The van der Waals surface area contributed by atoms with Crippen LogP contribution in [0.4, 0.5) is 0 Å². The number of likely N-dealkylation sites (tertiary alicyclic amines) is 1. The van der Waals surface area contributed by atoms with Crippen LogP contribution in [0.1, 0.15) is 59.8 Å². The predicted octanol–water partition coefficient (Wildman–Crippen LogP) is 2.39. The Morgan fingerprint density at radius 3 is 2.67 bits per heavy atom. The van der Waals surface area contributed by atoms with Gasteiger partial charge in [-0.25, -0.2) is 0 Å². The van der Waals surface area contributed by atoms with E-state index in [-0.39, 0.29) is 5.91 Å². The minimum atomic E-state index is 0.186. The van der Waals surface area contributed by atoms with Gasteiger partial charge in [0, 0.05) is 25.2 Å². The summed E-state index contributed by atoms with van der Waals surface area (Å²) >= 11 is 0. The number of hydrogen-bond acceptors (Lipinski definition) is 3. The summed E-state index contributed by atoms with van der Waals surface area (Å²) in [4.78, 5) is 14.4. The van der Waals surface area contributed by atoms with E-state index in [9.17, 15) is 4.79 Å². The van der Waals surface area contributed by atoms with Crippen molar-refractivity contribution in [3.8, 4) is 0 Å². The van der Waals surface area contributed by atoms with E-state index in [2.05, 4.69) is 43.2 Å². The third-order valence-corrected chi connectivity index (χ3v) is 4.50. The lowest BCUT2D eigenvalue weighted by molar-refractivity contribution is -0.123. The molecule has 1 amide bonds. The number of amides is 1. The summed E-state index contributed by atoms with van der Waals surface area (Å²) < 4.78 is 0. The van der Waals surface area contributed by atoms with Crippen molar-refractivity contribution < 1.29 is 4.79 Å². The first-order valence-electron chi connectivity index (χ1n) is 8.85. The summed E-state index contributed by atoms with van der Waals surface area (Å²) in [5.74, 6) is 0.858. The van der Waals surface area contributed by atoms with E-state index >= 15 is 0 Å². The highest BCUT2D eigenvalue weighted by molar-refractivity contribution is 5.78. The van der Waals surface area contributed by atoms with E-state index in [0.717, 1.165) is 38.9 Å². The van der Waals surface area contributed by atoms with E-state index in [0.29, 0.717) is 24.5 Å². The second-order valence-corrected chi connectivity index (χ2v) is 6.51. The summed E-state index contributed by atoms with van der Waals surface area (Å²) in [6, 6.07) is 0.932. The van der Waals surface area contributed by atoms with E-state index < -0.39 is 0 Å². The first kappa shape index (κ1) is 18.4. The fourth-order valence-electron chi connectivity index (χ4n) is 3.29. The lowest BCUT2D eigenvalue weighted by Gasteiger charge is -2.38. The molecular weight excluding hydrogens is 262 g/mol. The van der Waals surface area contributed by atoms with Crippen LogP contribution in [-0.2, 0) is 4.79 Å². The lowest BCUT2D eigenvalue weighted by atomic mass is 9.90. The average Bonchev–Trinajstić information content (AvgIpc) is 2.45. The zero-order valence-electron chi connectivity index (χ0n) is 14.5. The third-order valence-electron chi connectivity index (χ3n) is 4.50. The van der Waals surface area contributed by atoms with Gasteiger partial charge in [0.1, 0.15) is 0 Å². The molecule has 0 aromatic rings. The molecule has 0 spiro atoms. The van der Waals surface area contributed by atoms with E-state index in [4.69, 9.17) is 0 Å². The Bertz CT molecular complexity index is 296. The summed E-state index contributed by atoms with van der Waals surface area (Å²) in [5, 5.41) is 6.78. The van der Waals surface area contributed by atoms with Crippen LogP contribution in [0.3, 0.4) is 0 Å². The largest absolute Gasteiger partial charge is 0.353 e. The number of carbonyl (C=O) groups is 1. The van der Waals surface area contributed by atoms with Crippen LogP contribution in [0.5, 0.6) is 0 Å². The number of carbonyl (C=O) groups excluding carboxylic acids is 1. The smallest absolute Gasteiger partial charge is 0.234 e. The number of nitrogens with one attached hydrogen (secondary N) is 2. The van der Waals surface area contributed by atoms with E-state index in [1.165, 1.54) is 12.8 Å². The maximum atomic E-state index is 12.1. The molecule has 0 aromatic heterocycles. The molecule has 1 aliphatic rings. The molecule has 0 saturated carbocycles. The molecule has 0 aliphatic carbocycles. The highest BCUT2D eigenvalue weighted by atomic mass is 16.2. The van der Waals surface area contributed by atoms with E-state index in [1.807, 2.05) is 0 Å². The fourth-order valence-corrected chi connectivity index (χ4v) is 3.29. The molecule has 2 N–H and O–H groups in total. The molecule has 0 bridgehead atoms. The van der Waals surface area contributed by atoms with Gasteiger partial charge in [-0.05, 0) is 38.6 Å². The highest BCUT2D eigenvalue weighted by Crippen LogP contribution is 2.20. The van der Waals surface area contributed by atoms with Crippen molar-refractivity contribution in [2.75, 3.05) is 26.2 Å². The van der Waals surface area contributed by atoms with Crippen LogP contribution in [0, 0.1) is 5.92 Å². The Kier molecular flexibility index (Phi) is 8.93. The Morgan fingerprint density at radius 1 is 1.29 bits per heavy atom. The Balaban J connectivity index is 2.36. The number of rotatable bonds is 9. The van der Waals surface area contributed by atoms with Crippen LogP contribution < -0.4 is 10.6 Å². The normalized spacial score (nSPS) is 24.8. The molecule has 4 heteroatoms. The second kappa shape index (κ2) is 10.2. The van der Waals surface area contributed by atoms with Gasteiger partial charge in [-0.15, -0.1) is 0 Å². The molecule has 0 aromatic carbocycles. The van der Waals surface area contributed by atoms with Gasteiger partial charge < -0.3 is 10.6 Å².